The van der Waals surface area contributed by atoms with Crippen LogP contribution in [0.15, 0.2) is 6.07 Å². The van der Waals surface area contributed by atoms with Gasteiger partial charge in [-0.15, -0.1) is 11.3 Å². The summed E-state index contributed by atoms with van der Waals surface area (Å²) in [5.41, 5.74) is 0.333. The van der Waals surface area contributed by atoms with Gasteiger partial charge < -0.3 is 0 Å². The van der Waals surface area contributed by atoms with E-state index in [0.717, 1.165) is 22.6 Å². The van der Waals surface area contributed by atoms with E-state index < -0.39 is 0 Å². The van der Waals surface area contributed by atoms with E-state index in [4.69, 9.17) is 0 Å². The molecule has 0 bridgehead atoms. The third-order valence-electron chi connectivity index (χ3n) is 2.01. The van der Waals surface area contributed by atoms with E-state index in [0.29, 0.717) is 11.6 Å². The fourth-order valence-corrected chi connectivity index (χ4v) is 2.46. The minimum absolute atomic E-state index is 0.267. The van der Waals surface area contributed by atoms with Gasteiger partial charge in [0.2, 0.25) is 0 Å². The molecular weight excluding hydrogens is 174 g/mol. The van der Waals surface area contributed by atoms with E-state index >= 15 is 0 Å². The van der Waals surface area contributed by atoms with Gasteiger partial charge in [-0.1, -0.05) is 0 Å². The number of hydrogen-bond donors (Lipinski definition) is 0. The van der Waals surface area contributed by atoms with Crippen molar-refractivity contribution in [1.29, 1.82) is 0 Å². The monoisotopic (exact) mass is 183 g/mol. The van der Waals surface area contributed by atoms with Crippen LogP contribution in [-0.2, 0) is 0 Å². The van der Waals surface area contributed by atoms with Gasteiger partial charge in [-0.3, -0.25) is 10.1 Å². The lowest BCUT2D eigenvalue weighted by Crippen LogP contribution is -1.88. The predicted molar refractivity (Wildman–Crippen MR) is 47.7 cm³/mol. The maximum absolute atomic E-state index is 10.6. The van der Waals surface area contributed by atoms with Crippen molar-refractivity contribution in [2.24, 2.45) is 0 Å². The molecule has 1 aliphatic carbocycles. The zero-order valence-corrected chi connectivity index (χ0v) is 7.56. The molecule has 1 fully saturated rings. The summed E-state index contributed by atoms with van der Waals surface area (Å²) in [5, 5.41) is 10.6. The number of thiophene rings is 1. The fraction of sp³-hybridized carbons (Fsp3) is 0.500. The molecule has 3 nitrogen and oxygen atoms in total. The first-order chi connectivity index (χ1) is 5.68. The van der Waals surface area contributed by atoms with Crippen LogP contribution < -0.4 is 0 Å². The van der Waals surface area contributed by atoms with Crippen molar-refractivity contribution in [2.75, 3.05) is 0 Å². The van der Waals surface area contributed by atoms with Gasteiger partial charge in [-0.25, -0.2) is 0 Å². The minimum Gasteiger partial charge on any atom is -0.258 e. The summed E-state index contributed by atoms with van der Waals surface area (Å²) >= 11 is 1.57. The third kappa shape index (κ3) is 1.22. The maximum atomic E-state index is 10.6. The molecular formula is C8H9NO2S. The van der Waals surface area contributed by atoms with Crippen molar-refractivity contribution in [3.63, 3.8) is 0 Å². The first-order valence-electron chi connectivity index (χ1n) is 3.93. The average molecular weight is 183 g/mol. The molecule has 1 aromatic rings. The highest BCUT2D eigenvalue weighted by molar-refractivity contribution is 7.12. The Labute approximate surface area is 74.2 Å². The Balaban J connectivity index is 2.43. The molecule has 64 valence electrons. The second-order valence-electron chi connectivity index (χ2n) is 3.14. The lowest BCUT2D eigenvalue weighted by molar-refractivity contribution is -0.385. The number of aryl methyl sites for hydroxylation is 1. The summed E-state index contributed by atoms with van der Waals surface area (Å²) in [7, 11) is 0. The van der Waals surface area contributed by atoms with Crippen LogP contribution in [0.1, 0.15) is 28.5 Å². The van der Waals surface area contributed by atoms with Crippen LogP contribution in [0.25, 0.3) is 0 Å². The number of nitro groups is 1. The van der Waals surface area contributed by atoms with Crippen molar-refractivity contribution >= 4 is 17.0 Å². The highest BCUT2D eigenvalue weighted by Gasteiger charge is 2.32. The Morgan fingerprint density at radius 1 is 1.67 bits per heavy atom. The van der Waals surface area contributed by atoms with Crippen molar-refractivity contribution in [1.82, 2.24) is 0 Å². The summed E-state index contributed by atoms with van der Waals surface area (Å²) in [6, 6.07) is 1.68. The van der Waals surface area contributed by atoms with E-state index in [1.165, 1.54) is 0 Å². The second kappa shape index (κ2) is 2.55. The molecule has 1 aromatic heterocycles. The molecule has 1 saturated carbocycles. The largest absolute Gasteiger partial charge is 0.283 e. The first kappa shape index (κ1) is 7.73. The van der Waals surface area contributed by atoms with Gasteiger partial charge in [0.15, 0.2) is 0 Å². The van der Waals surface area contributed by atoms with E-state index in [2.05, 4.69) is 0 Å². The highest BCUT2D eigenvalue weighted by atomic mass is 32.1. The summed E-state index contributed by atoms with van der Waals surface area (Å²) in [6.45, 7) is 1.92. The average Bonchev–Trinajstić information content (AvgIpc) is 2.75. The molecule has 0 N–H and O–H groups in total. The molecule has 0 spiro atoms. The lowest BCUT2D eigenvalue weighted by Gasteiger charge is -1.90. The van der Waals surface area contributed by atoms with Gasteiger partial charge in [0.25, 0.3) is 5.69 Å². The van der Waals surface area contributed by atoms with Gasteiger partial charge in [0.1, 0.15) is 0 Å². The summed E-state index contributed by atoms with van der Waals surface area (Å²) in [4.78, 5) is 12.3. The predicted octanol–water partition coefficient (Wildman–Crippen LogP) is 2.84. The van der Waals surface area contributed by atoms with Gasteiger partial charge >= 0.3 is 0 Å². The smallest absolute Gasteiger partial charge is 0.258 e. The van der Waals surface area contributed by atoms with Crippen LogP contribution >= 0.6 is 11.3 Å². The lowest BCUT2D eigenvalue weighted by atomic mass is 10.3. The number of rotatable bonds is 2. The molecule has 0 saturated heterocycles. The summed E-state index contributed by atoms with van der Waals surface area (Å²) < 4.78 is 0. The SMILES string of the molecule is Cc1cc([N+](=O)[O-])c(C2CC2)s1. The van der Waals surface area contributed by atoms with Crippen LogP contribution in [-0.4, -0.2) is 4.92 Å². The van der Waals surface area contributed by atoms with E-state index in [-0.39, 0.29) is 4.92 Å². The molecule has 0 aliphatic heterocycles. The number of hydrogen-bond acceptors (Lipinski definition) is 3. The minimum atomic E-state index is -0.267. The molecule has 0 amide bonds. The Morgan fingerprint density at radius 2 is 2.33 bits per heavy atom. The third-order valence-corrected chi connectivity index (χ3v) is 3.21. The Kier molecular flexibility index (Phi) is 1.65. The van der Waals surface area contributed by atoms with Gasteiger partial charge in [-0.05, 0) is 19.8 Å². The molecule has 2 rings (SSSR count). The van der Waals surface area contributed by atoms with Crippen LogP contribution in [0.3, 0.4) is 0 Å². The van der Waals surface area contributed by atoms with Crippen molar-refractivity contribution in [3.8, 4) is 0 Å². The molecule has 4 heteroatoms. The van der Waals surface area contributed by atoms with Gasteiger partial charge in [0.05, 0.1) is 9.80 Å². The normalized spacial score (nSPS) is 16.4. The van der Waals surface area contributed by atoms with Crippen LogP contribution in [0.4, 0.5) is 5.69 Å². The number of nitrogens with zero attached hydrogens (tertiary/aromatic N) is 1. The quantitative estimate of drug-likeness (QED) is 0.522. The zero-order chi connectivity index (χ0) is 8.72. The molecule has 0 atom stereocenters. The summed E-state index contributed by atoms with van der Waals surface area (Å²) in [6.07, 6.45) is 2.25. The van der Waals surface area contributed by atoms with Crippen molar-refractivity contribution in [3.05, 3.63) is 25.9 Å². The van der Waals surface area contributed by atoms with Crippen LogP contribution in [0, 0.1) is 17.0 Å². The zero-order valence-electron chi connectivity index (χ0n) is 6.74. The molecule has 0 radical (unpaired) electrons. The van der Waals surface area contributed by atoms with Crippen LogP contribution in [0.2, 0.25) is 0 Å². The van der Waals surface area contributed by atoms with Crippen LogP contribution in [0.5, 0.6) is 0 Å². The molecule has 1 aliphatic rings. The van der Waals surface area contributed by atoms with Gasteiger partial charge in [0, 0.05) is 16.9 Å². The molecule has 0 aromatic carbocycles. The highest BCUT2D eigenvalue weighted by Crippen LogP contribution is 2.47. The van der Waals surface area contributed by atoms with Crippen molar-refractivity contribution in [2.45, 2.75) is 25.7 Å². The standard InChI is InChI=1S/C8H9NO2S/c1-5-4-7(9(10)11)8(12-5)6-2-3-6/h4,6H,2-3H2,1H3. The summed E-state index contributed by atoms with van der Waals surface area (Å²) in [5.74, 6) is 0.490. The van der Waals surface area contributed by atoms with E-state index in [1.807, 2.05) is 6.92 Å². The van der Waals surface area contributed by atoms with Crippen molar-refractivity contribution < 1.29 is 4.92 Å². The van der Waals surface area contributed by atoms with E-state index in [9.17, 15) is 10.1 Å². The van der Waals surface area contributed by atoms with E-state index in [1.54, 1.807) is 17.4 Å². The maximum Gasteiger partial charge on any atom is 0.283 e. The molecule has 1 heterocycles. The topological polar surface area (TPSA) is 43.1 Å². The molecule has 12 heavy (non-hydrogen) atoms. The second-order valence-corrected chi connectivity index (χ2v) is 4.43. The Morgan fingerprint density at radius 3 is 2.83 bits per heavy atom. The first-order valence-corrected chi connectivity index (χ1v) is 4.75. The fourth-order valence-electron chi connectivity index (χ4n) is 1.30. The molecule has 0 unspecified atom stereocenters. The van der Waals surface area contributed by atoms with Gasteiger partial charge in [-0.2, -0.15) is 0 Å². The Hall–Kier alpha value is -0.900. The Bertz CT molecular complexity index is 328.